The molecule has 0 spiro atoms. The number of carbonyl (C=O) groups excluding carboxylic acids is 1. The zero-order chi connectivity index (χ0) is 18.2. The molecule has 1 aromatic carbocycles. The van der Waals surface area contributed by atoms with E-state index in [0.717, 1.165) is 0 Å². The fourth-order valence-electron chi connectivity index (χ4n) is 1.93. The third kappa shape index (κ3) is 7.58. The van der Waals surface area contributed by atoms with Gasteiger partial charge in [-0.05, 0) is 18.1 Å². The molecule has 134 valence electrons. The number of amides is 1. The maximum atomic E-state index is 12.0. The van der Waals surface area contributed by atoms with Crippen LogP contribution >= 0.6 is 11.8 Å². The average molecular weight is 365 g/mol. The molecule has 9 heteroatoms. The summed E-state index contributed by atoms with van der Waals surface area (Å²) >= 11 is 0.434. The van der Waals surface area contributed by atoms with Gasteiger partial charge in [0.15, 0.2) is 0 Å². The van der Waals surface area contributed by atoms with E-state index in [2.05, 4.69) is 5.32 Å². The van der Waals surface area contributed by atoms with Gasteiger partial charge < -0.3 is 15.2 Å². The number of methoxy groups -OCH3 is 1. The summed E-state index contributed by atoms with van der Waals surface area (Å²) in [6.45, 7) is -0.168. The molecule has 0 aromatic heterocycles. The van der Waals surface area contributed by atoms with Crippen LogP contribution in [0.4, 0.5) is 13.2 Å². The van der Waals surface area contributed by atoms with Crippen LogP contribution < -0.4 is 10.1 Å². The largest absolute Gasteiger partial charge is 0.496 e. The van der Waals surface area contributed by atoms with Crippen LogP contribution in [0.5, 0.6) is 5.75 Å². The molecule has 0 bridgehead atoms. The van der Waals surface area contributed by atoms with E-state index in [1.165, 1.54) is 7.11 Å². The number of rotatable bonds is 9. The lowest BCUT2D eigenvalue weighted by Crippen LogP contribution is -2.35. The van der Waals surface area contributed by atoms with Crippen LogP contribution in [0.15, 0.2) is 24.3 Å². The van der Waals surface area contributed by atoms with Crippen molar-refractivity contribution in [3.8, 4) is 5.75 Å². The van der Waals surface area contributed by atoms with Crippen molar-refractivity contribution in [3.05, 3.63) is 29.8 Å². The first kappa shape index (κ1) is 20.1. The van der Waals surface area contributed by atoms with Gasteiger partial charge in [-0.1, -0.05) is 18.2 Å². The minimum absolute atomic E-state index is 0.134. The molecule has 0 aliphatic heterocycles. The van der Waals surface area contributed by atoms with E-state index in [4.69, 9.17) is 4.74 Å². The fourth-order valence-corrected chi connectivity index (χ4v) is 2.55. The molecule has 0 radical (unpaired) electrons. The number of carbonyl (C=O) groups is 2. The molecule has 0 aliphatic rings. The predicted molar refractivity (Wildman–Crippen MR) is 84.2 cm³/mol. The van der Waals surface area contributed by atoms with Gasteiger partial charge in [0, 0.05) is 6.54 Å². The number of nitrogens with one attached hydrogen (secondary N) is 1. The maximum absolute atomic E-state index is 12.0. The van der Waals surface area contributed by atoms with Crippen LogP contribution in [-0.2, 0) is 16.0 Å². The normalized spacial score (nSPS) is 12.5. The number of hydrogen-bond donors (Lipinski definition) is 2. The second-order valence-corrected chi connectivity index (χ2v) is 5.95. The lowest BCUT2D eigenvalue weighted by molar-refractivity contribution is -0.141. The molecule has 0 saturated carbocycles. The van der Waals surface area contributed by atoms with E-state index in [-0.39, 0.29) is 18.7 Å². The molecule has 1 amide bonds. The Morgan fingerprint density at radius 2 is 2.00 bits per heavy atom. The smallest absolute Gasteiger partial charge is 0.397 e. The van der Waals surface area contributed by atoms with E-state index in [9.17, 15) is 27.9 Å². The second kappa shape index (κ2) is 9.41. The Morgan fingerprint density at radius 1 is 1.33 bits per heavy atom. The Kier molecular flexibility index (Phi) is 7.90. The second-order valence-electron chi connectivity index (χ2n) is 4.96. The van der Waals surface area contributed by atoms with Gasteiger partial charge in [0.05, 0.1) is 24.5 Å². The lowest BCUT2D eigenvalue weighted by atomic mass is 9.98. The third-order valence-corrected chi connectivity index (χ3v) is 4.05. The van der Waals surface area contributed by atoms with Crippen molar-refractivity contribution in [3.63, 3.8) is 0 Å². The molecule has 0 aliphatic carbocycles. The molecule has 2 N–H and O–H groups in total. The number of carboxylic acid groups (broad SMARTS) is 1. The van der Waals surface area contributed by atoms with E-state index < -0.39 is 29.7 Å². The van der Waals surface area contributed by atoms with Gasteiger partial charge in [0.1, 0.15) is 5.75 Å². The molecule has 0 fully saturated rings. The van der Waals surface area contributed by atoms with Gasteiger partial charge >= 0.3 is 12.1 Å². The number of hydrogen-bond acceptors (Lipinski definition) is 4. The van der Waals surface area contributed by atoms with Crippen molar-refractivity contribution in [2.75, 3.05) is 25.2 Å². The zero-order valence-corrected chi connectivity index (χ0v) is 13.7. The van der Waals surface area contributed by atoms with Gasteiger partial charge in [-0.3, -0.25) is 9.59 Å². The van der Waals surface area contributed by atoms with Crippen molar-refractivity contribution in [2.24, 2.45) is 5.92 Å². The van der Waals surface area contributed by atoms with E-state index in [1.807, 2.05) is 0 Å². The van der Waals surface area contributed by atoms with Crippen LogP contribution in [0.25, 0.3) is 0 Å². The predicted octanol–water partition coefficient (Wildman–Crippen LogP) is 2.35. The average Bonchev–Trinajstić information content (AvgIpc) is 2.50. The Hall–Kier alpha value is -1.90. The van der Waals surface area contributed by atoms with E-state index >= 15 is 0 Å². The molecular formula is C15H18F3NO4S. The van der Waals surface area contributed by atoms with Gasteiger partial charge in [-0.2, -0.15) is 13.2 Å². The summed E-state index contributed by atoms with van der Waals surface area (Å²) in [7, 11) is 1.47. The number of aliphatic carboxylic acids is 1. The van der Waals surface area contributed by atoms with Gasteiger partial charge in [0.2, 0.25) is 5.91 Å². The minimum Gasteiger partial charge on any atom is -0.496 e. The molecule has 1 unspecified atom stereocenters. The highest BCUT2D eigenvalue weighted by atomic mass is 32.2. The summed E-state index contributed by atoms with van der Waals surface area (Å²) < 4.78 is 41.1. The molecule has 1 rings (SSSR count). The summed E-state index contributed by atoms with van der Waals surface area (Å²) in [5.41, 5.74) is 0.674. The number of alkyl halides is 3. The first-order valence-electron chi connectivity index (χ1n) is 6.99. The monoisotopic (exact) mass is 365 g/mol. The van der Waals surface area contributed by atoms with Crippen molar-refractivity contribution in [1.82, 2.24) is 5.32 Å². The minimum atomic E-state index is -4.33. The Bertz CT molecular complexity index is 566. The van der Waals surface area contributed by atoms with Crippen LogP contribution in [0, 0.1) is 5.92 Å². The topological polar surface area (TPSA) is 75.6 Å². The lowest BCUT2D eigenvalue weighted by Gasteiger charge is -2.15. The van der Waals surface area contributed by atoms with Crippen molar-refractivity contribution in [2.45, 2.75) is 12.6 Å². The molecule has 1 aromatic rings. The number of para-hydroxylation sites is 1. The highest BCUT2D eigenvalue weighted by Crippen LogP contribution is 2.22. The summed E-state index contributed by atoms with van der Waals surface area (Å²) in [6.07, 6.45) is -4.20. The van der Waals surface area contributed by atoms with Gasteiger partial charge in [0.25, 0.3) is 0 Å². The highest BCUT2D eigenvalue weighted by Gasteiger charge is 2.27. The van der Waals surface area contributed by atoms with Crippen LogP contribution in [0.3, 0.4) is 0 Å². The number of ether oxygens (including phenoxy) is 1. The summed E-state index contributed by atoms with van der Waals surface area (Å²) in [4.78, 5) is 22.8. The van der Waals surface area contributed by atoms with Crippen molar-refractivity contribution in [1.29, 1.82) is 0 Å². The summed E-state index contributed by atoms with van der Waals surface area (Å²) in [6, 6.07) is 6.90. The molecule has 0 saturated heterocycles. The highest BCUT2D eigenvalue weighted by molar-refractivity contribution is 8.00. The Morgan fingerprint density at radius 3 is 2.58 bits per heavy atom. The summed E-state index contributed by atoms with van der Waals surface area (Å²) in [5.74, 6) is -3.60. The number of thioether (sulfide) groups is 1. The Labute approximate surface area is 141 Å². The first-order valence-corrected chi connectivity index (χ1v) is 8.14. The van der Waals surface area contributed by atoms with Crippen LogP contribution in [-0.4, -0.2) is 48.3 Å². The van der Waals surface area contributed by atoms with Crippen molar-refractivity contribution < 1.29 is 32.6 Å². The molecule has 24 heavy (non-hydrogen) atoms. The maximum Gasteiger partial charge on any atom is 0.397 e. The molecular weight excluding hydrogens is 347 g/mol. The quantitative estimate of drug-likeness (QED) is 0.703. The summed E-state index contributed by atoms with van der Waals surface area (Å²) in [5, 5.41) is 11.6. The number of halogens is 3. The van der Waals surface area contributed by atoms with E-state index in [1.54, 1.807) is 24.3 Å². The van der Waals surface area contributed by atoms with Gasteiger partial charge in [-0.15, -0.1) is 11.8 Å². The number of benzene rings is 1. The fraction of sp³-hybridized carbons (Fsp3) is 0.467. The van der Waals surface area contributed by atoms with Crippen molar-refractivity contribution >= 4 is 23.6 Å². The van der Waals surface area contributed by atoms with Crippen LogP contribution in [0.2, 0.25) is 0 Å². The molecule has 5 nitrogen and oxygen atoms in total. The van der Waals surface area contributed by atoms with Gasteiger partial charge in [-0.25, -0.2) is 0 Å². The Balaban J connectivity index is 2.52. The molecule has 0 heterocycles. The third-order valence-electron chi connectivity index (χ3n) is 3.05. The molecule has 1 atom stereocenters. The van der Waals surface area contributed by atoms with Crippen LogP contribution in [0.1, 0.15) is 5.56 Å². The first-order chi connectivity index (χ1) is 11.2. The SMILES string of the molecule is COc1ccccc1CC(CNC(=O)CSCC(F)(F)F)C(=O)O. The van der Waals surface area contributed by atoms with E-state index in [0.29, 0.717) is 23.1 Å². The number of carboxylic acids is 1. The standard InChI is InChI=1S/C15H18F3NO4S/c1-23-12-5-3-2-4-10(12)6-11(14(21)22)7-19-13(20)8-24-9-15(16,17)18/h2-5,11H,6-9H2,1H3,(H,19,20)(H,21,22). The zero-order valence-electron chi connectivity index (χ0n) is 12.9.